The average Bonchev–Trinajstić information content (AvgIpc) is 3.03. The fourth-order valence-electron chi connectivity index (χ4n) is 1.74. The van der Waals surface area contributed by atoms with E-state index in [-0.39, 0.29) is 0 Å². The summed E-state index contributed by atoms with van der Waals surface area (Å²) in [5.41, 5.74) is 0.761. The van der Waals surface area contributed by atoms with Crippen molar-refractivity contribution >= 4 is 22.8 Å². The van der Waals surface area contributed by atoms with Gasteiger partial charge in [0.1, 0.15) is 0 Å². The second-order valence-electron chi connectivity index (χ2n) is 3.88. The minimum Gasteiger partial charge on any atom is -0.378 e. The van der Waals surface area contributed by atoms with Gasteiger partial charge in [-0.1, -0.05) is 11.3 Å². The number of methoxy groups -OCH3 is 1. The lowest BCUT2D eigenvalue weighted by atomic mass is 10.4. The van der Waals surface area contributed by atoms with Gasteiger partial charge in [-0.3, -0.25) is 4.79 Å². The van der Waals surface area contributed by atoms with Crippen LogP contribution in [0.1, 0.15) is 35.1 Å². The molecule has 0 atom stereocenters. The molecule has 1 aromatic heterocycles. The van der Waals surface area contributed by atoms with E-state index < -0.39 is 0 Å². The number of ether oxygens (including phenoxy) is 1. The molecule has 5 heteroatoms. The summed E-state index contributed by atoms with van der Waals surface area (Å²) in [6, 6.07) is 0.631. The van der Waals surface area contributed by atoms with Crippen LogP contribution in [0.3, 0.4) is 0 Å². The van der Waals surface area contributed by atoms with E-state index in [1.165, 1.54) is 24.2 Å². The minimum absolute atomic E-state index is 0.410. The molecular weight excluding hydrogens is 224 g/mol. The van der Waals surface area contributed by atoms with E-state index in [1.54, 1.807) is 7.11 Å². The molecular formula is C11H16N2O2S. The second-order valence-corrected chi connectivity index (χ2v) is 4.88. The predicted octanol–water partition coefficient (Wildman–Crippen LogP) is 2.09. The third-order valence-electron chi connectivity index (χ3n) is 2.68. The van der Waals surface area contributed by atoms with Gasteiger partial charge >= 0.3 is 0 Å². The molecule has 1 fully saturated rings. The van der Waals surface area contributed by atoms with Gasteiger partial charge in [-0.05, 0) is 19.8 Å². The fourth-order valence-corrected chi connectivity index (χ4v) is 2.76. The molecule has 0 radical (unpaired) electrons. The van der Waals surface area contributed by atoms with Gasteiger partial charge in [-0.25, -0.2) is 4.98 Å². The SMILES string of the molecule is CCN(c1nc(COC)c(C=O)s1)C1CC1. The Morgan fingerprint density at radius 1 is 1.62 bits per heavy atom. The Morgan fingerprint density at radius 2 is 2.38 bits per heavy atom. The molecule has 1 saturated carbocycles. The lowest BCUT2D eigenvalue weighted by Crippen LogP contribution is -2.24. The monoisotopic (exact) mass is 240 g/mol. The van der Waals surface area contributed by atoms with Crippen molar-refractivity contribution in [3.05, 3.63) is 10.6 Å². The standard InChI is InChI=1S/C11H16N2O2S/c1-3-13(8-4-5-8)11-12-9(7-15-2)10(6-14)16-11/h6,8H,3-5,7H2,1-2H3. The Balaban J connectivity index is 2.22. The van der Waals surface area contributed by atoms with Crippen molar-refractivity contribution in [2.24, 2.45) is 0 Å². The number of aldehydes is 1. The molecule has 0 N–H and O–H groups in total. The van der Waals surface area contributed by atoms with Gasteiger partial charge in [0.2, 0.25) is 0 Å². The molecule has 4 nitrogen and oxygen atoms in total. The Morgan fingerprint density at radius 3 is 2.88 bits per heavy atom. The fraction of sp³-hybridized carbons (Fsp3) is 0.636. The van der Waals surface area contributed by atoms with E-state index in [9.17, 15) is 4.79 Å². The first kappa shape index (κ1) is 11.5. The topological polar surface area (TPSA) is 42.4 Å². The quantitative estimate of drug-likeness (QED) is 0.714. The Kier molecular flexibility index (Phi) is 3.56. The molecule has 0 unspecified atom stereocenters. The zero-order valence-corrected chi connectivity index (χ0v) is 10.4. The van der Waals surface area contributed by atoms with Crippen LogP contribution >= 0.6 is 11.3 Å². The molecule has 88 valence electrons. The largest absolute Gasteiger partial charge is 0.378 e. The first-order valence-corrected chi connectivity index (χ1v) is 6.32. The van der Waals surface area contributed by atoms with Gasteiger partial charge < -0.3 is 9.64 Å². The van der Waals surface area contributed by atoms with E-state index in [2.05, 4.69) is 16.8 Å². The summed E-state index contributed by atoms with van der Waals surface area (Å²) in [6.07, 6.45) is 3.35. The number of carbonyl (C=O) groups excluding carboxylic acids is 1. The molecule has 0 aliphatic heterocycles. The number of thiazole rings is 1. The summed E-state index contributed by atoms with van der Waals surface area (Å²) >= 11 is 1.47. The Bertz CT molecular complexity index is 374. The van der Waals surface area contributed by atoms with E-state index >= 15 is 0 Å². The van der Waals surface area contributed by atoms with Crippen LogP contribution in [0.25, 0.3) is 0 Å². The highest BCUT2D eigenvalue weighted by molar-refractivity contribution is 7.17. The highest BCUT2D eigenvalue weighted by atomic mass is 32.1. The Labute approximate surface area is 99.2 Å². The van der Waals surface area contributed by atoms with Crippen LogP contribution in [-0.4, -0.2) is 31.0 Å². The summed E-state index contributed by atoms with van der Waals surface area (Å²) in [5.74, 6) is 0. The maximum Gasteiger partial charge on any atom is 0.186 e. The number of carbonyl (C=O) groups is 1. The maximum absolute atomic E-state index is 10.9. The molecule has 16 heavy (non-hydrogen) atoms. The summed E-state index contributed by atoms with van der Waals surface area (Å²) in [7, 11) is 1.62. The molecule has 1 aromatic rings. The molecule has 1 aliphatic carbocycles. The van der Waals surface area contributed by atoms with Crippen LogP contribution in [0.4, 0.5) is 5.13 Å². The van der Waals surface area contributed by atoms with Crippen molar-refractivity contribution in [2.75, 3.05) is 18.6 Å². The smallest absolute Gasteiger partial charge is 0.186 e. The highest BCUT2D eigenvalue weighted by Gasteiger charge is 2.30. The van der Waals surface area contributed by atoms with Crippen molar-refractivity contribution in [3.8, 4) is 0 Å². The van der Waals surface area contributed by atoms with Crippen molar-refractivity contribution < 1.29 is 9.53 Å². The van der Waals surface area contributed by atoms with Gasteiger partial charge in [-0.15, -0.1) is 0 Å². The molecule has 2 rings (SSSR count). The number of hydrogen-bond acceptors (Lipinski definition) is 5. The summed E-state index contributed by atoms with van der Waals surface area (Å²) in [6.45, 7) is 3.48. The third-order valence-corrected chi connectivity index (χ3v) is 3.74. The lowest BCUT2D eigenvalue weighted by Gasteiger charge is -2.18. The third kappa shape index (κ3) is 2.25. The lowest BCUT2D eigenvalue weighted by molar-refractivity contribution is 0.112. The van der Waals surface area contributed by atoms with Gasteiger partial charge in [-0.2, -0.15) is 0 Å². The van der Waals surface area contributed by atoms with Crippen molar-refractivity contribution in [1.82, 2.24) is 4.98 Å². The van der Waals surface area contributed by atoms with Crippen LogP contribution < -0.4 is 4.90 Å². The molecule has 0 spiro atoms. The summed E-state index contributed by atoms with van der Waals surface area (Å²) in [4.78, 5) is 18.4. The first-order chi connectivity index (χ1) is 7.80. The van der Waals surface area contributed by atoms with E-state index in [4.69, 9.17) is 4.74 Å². The average molecular weight is 240 g/mol. The molecule has 0 saturated heterocycles. The van der Waals surface area contributed by atoms with E-state index in [1.807, 2.05) is 0 Å². The van der Waals surface area contributed by atoms with E-state index in [0.717, 1.165) is 23.7 Å². The number of aromatic nitrogens is 1. The normalized spacial score (nSPS) is 15.1. The van der Waals surface area contributed by atoms with Crippen molar-refractivity contribution in [1.29, 1.82) is 0 Å². The number of hydrogen-bond donors (Lipinski definition) is 0. The maximum atomic E-state index is 10.9. The summed E-state index contributed by atoms with van der Waals surface area (Å²) in [5, 5.41) is 0.958. The molecule has 0 aromatic carbocycles. The number of anilines is 1. The number of rotatable bonds is 6. The molecule has 1 aliphatic rings. The minimum atomic E-state index is 0.410. The van der Waals surface area contributed by atoms with Crippen LogP contribution in [0, 0.1) is 0 Å². The van der Waals surface area contributed by atoms with Crippen molar-refractivity contribution in [2.45, 2.75) is 32.4 Å². The van der Waals surface area contributed by atoms with Crippen molar-refractivity contribution in [3.63, 3.8) is 0 Å². The van der Waals surface area contributed by atoms with Gasteiger partial charge in [0.05, 0.1) is 17.2 Å². The predicted molar refractivity (Wildman–Crippen MR) is 64.3 cm³/mol. The zero-order valence-electron chi connectivity index (χ0n) is 9.60. The highest BCUT2D eigenvalue weighted by Crippen LogP contribution is 2.34. The van der Waals surface area contributed by atoms with Gasteiger partial charge in [0.25, 0.3) is 0 Å². The first-order valence-electron chi connectivity index (χ1n) is 5.50. The van der Waals surface area contributed by atoms with E-state index in [0.29, 0.717) is 17.5 Å². The molecule has 0 amide bonds. The van der Waals surface area contributed by atoms with Crippen LogP contribution in [0.15, 0.2) is 0 Å². The second kappa shape index (κ2) is 4.93. The van der Waals surface area contributed by atoms with Crippen LogP contribution in [-0.2, 0) is 11.3 Å². The van der Waals surface area contributed by atoms with Gasteiger partial charge in [0, 0.05) is 19.7 Å². The zero-order chi connectivity index (χ0) is 11.5. The molecule has 0 bridgehead atoms. The van der Waals surface area contributed by atoms with Crippen LogP contribution in [0.2, 0.25) is 0 Å². The van der Waals surface area contributed by atoms with Crippen LogP contribution in [0.5, 0.6) is 0 Å². The van der Waals surface area contributed by atoms with Gasteiger partial charge in [0.15, 0.2) is 11.4 Å². The number of nitrogens with zero attached hydrogens (tertiary/aromatic N) is 2. The molecule has 1 heterocycles. The summed E-state index contributed by atoms with van der Waals surface area (Å²) < 4.78 is 5.04. The Hall–Kier alpha value is -0.940.